The molecule has 0 aliphatic heterocycles. The van der Waals surface area contributed by atoms with E-state index in [0.29, 0.717) is 17.5 Å². The lowest BCUT2D eigenvalue weighted by Crippen LogP contribution is -2.04. The number of fused-ring (bicyclic) bond motifs is 12. The maximum atomic E-state index is 6.97. The minimum atomic E-state index is 0.531. The predicted molar refractivity (Wildman–Crippen MR) is 265 cm³/mol. The largest absolute Gasteiger partial charge is 0.455 e. The number of hydrogen-bond donors (Lipinski definition) is 0. The topological polar surface area (TPSA) is 56.7 Å². The normalized spacial score (nSPS) is 12.1. The first-order valence-corrected chi connectivity index (χ1v) is 21.7. The number of benzene rings is 11. The van der Waals surface area contributed by atoms with E-state index in [4.69, 9.17) is 19.4 Å². The Labute approximate surface area is 366 Å². The third kappa shape index (κ3) is 5.28. The van der Waals surface area contributed by atoms with Gasteiger partial charge in [0, 0.05) is 32.7 Å². The van der Waals surface area contributed by atoms with Crippen molar-refractivity contribution in [1.29, 1.82) is 0 Å². The Morgan fingerprint density at radius 2 is 0.781 bits per heavy atom. The average molecular weight is 815 g/mol. The Bertz CT molecular complexity index is 4180. The second-order valence-electron chi connectivity index (χ2n) is 16.8. The van der Waals surface area contributed by atoms with Gasteiger partial charge >= 0.3 is 0 Å². The molecule has 296 valence electrons. The second kappa shape index (κ2) is 13.4. The van der Waals surface area contributed by atoms with Crippen LogP contribution in [0.4, 0.5) is 0 Å². The van der Waals surface area contributed by atoms with E-state index in [1.165, 1.54) is 48.5 Å². The quantitative estimate of drug-likeness (QED) is 0.166. The fraction of sp³-hybridized carbons (Fsp3) is 0. The van der Waals surface area contributed by atoms with Crippen LogP contribution < -0.4 is 0 Å². The van der Waals surface area contributed by atoms with Crippen LogP contribution in [0.25, 0.3) is 137 Å². The van der Waals surface area contributed by atoms with E-state index < -0.39 is 0 Å². The molecule has 0 fully saturated rings. The average Bonchev–Trinajstić information content (AvgIpc) is 3.88. The van der Waals surface area contributed by atoms with E-state index >= 15 is 0 Å². The second-order valence-corrected chi connectivity index (χ2v) is 16.8. The highest BCUT2D eigenvalue weighted by atomic mass is 16.3. The van der Waals surface area contributed by atoms with Crippen molar-refractivity contribution in [1.82, 2.24) is 19.5 Å². The molecule has 14 aromatic rings. The van der Waals surface area contributed by atoms with Gasteiger partial charge in [0.15, 0.2) is 17.5 Å². The molecule has 5 nitrogen and oxygen atoms in total. The highest BCUT2D eigenvalue weighted by Crippen LogP contribution is 2.44. The van der Waals surface area contributed by atoms with Crippen LogP contribution in [0.15, 0.2) is 211 Å². The minimum absolute atomic E-state index is 0.531. The summed E-state index contributed by atoms with van der Waals surface area (Å²) < 4.78 is 9.37. The molecule has 0 aliphatic carbocycles. The van der Waals surface area contributed by atoms with Gasteiger partial charge < -0.3 is 8.98 Å². The molecule has 3 aromatic heterocycles. The van der Waals surface area contributed by atoms with Crippen molar-refractivity contribution >= 4 is 97.6 Å². The van der Waals surface area contributed by atoms with Crippen molar-refractivity contribution in [2.24, 2.45) is 0 Å². The molecule has 11 aromatic carbocycles. The summed E-state index contributed by atoms with van der Waals surface area (Å²) in [6, 6.07) is 73.5. The highest BCUT2D eigenvalue weighted by molar-refractivity contribution is 6.18. The van der Waals surface area contributed by atoms with E-state index in [1.807, 2.05) is 12.1 Å². The lowest BCUT2D eigenvalue weighted by atomic mass is 10.00. The molecule has 0 spiro atoms. The van der Waals surface area contributed by atoms with Gasteiger partial charge in [0.25, 0.3) is 0 Å². The molecule has 64 heavy (non-hydrogen) atoms. The van der Waals surface area contributed by atoms with Gasteiger partial charge in [0.1, 0.15) is 11.2 Å². The van der Waals surface area contributed by atoms with E-state index in [9.17, 15) is 0 Å². The maximum Gasteiger partial charge on any atom is 0.170 e. The molecule has 5 heteroatoms. The molecule has 0 saturated carbocycles. The number of aromatic nitrogens is 4. The van der Waals surface area contributed by atoms with Crippen LogP contribution in [0.2, 0.25) is 0 Å². The molecule has 0 saturated heterocycles. The van der Waals surface area contributed by atoms with Crippen molar-refractivity contribution in [3.63, 3.8) is 0 Å². The predicted octanol–water partition coefficient (Wildman–Crippen LogP) is 15.6. The number of rotatable bonds is 4. The Hall–Kier alpha value is -8.67. The summed E-state index contributed by atoms with van der Waals surface area (Å²) in [7, 11) is 0. The standard InChI is InChI=1S/C59H34N4O/c1-2-13-37-29-43(24-21-35(37)11-1)57-60-58(44-25-26-46-42(30-44)23-22-36-12-7-8-18-45(36)46)62-59(61-57)55-51(28-27-48-47-19-9-10-20-54(47)64-56(48)55)63-52-33-40-16-5-3-14-38(40)31-49(52)50-32-39-15-4-6-17-41(39)34-53(50)63/h1-34H. The van der Waals surface area contributed by atoms with Gasteiger partial charge in [-0.1, -0.05) is 152 Å². The minimum Gasteiger partial charge on any atom is -0.455 e. The van der Waals surface area contributed by atoms with Crippen molar-refractivity contribution in [2.75, 3.05) is 0 Å². The molecule has 0 bridgehead atoms. The molecule has 0 radical (unpaired) electrons. The number of hydrogen-bond acceptors (Lipinski definition) is 4. The Morgan fingerprint density at radius 1 is 0.312 bits per heavy atom. The van der Waals surface area contributed by atoms with Crippen LogP contribution in [-0.2, 0) is 0 Å². The molecule has 3 heterocycles. The van der Waals surface area contributed by atoms with Gasteiger partial charge in [-0.15, -0.1) is 0 Å². The van der Waals surface area contributed by atoms with E-state index in [2.05, 4.69) is 199 Å². The van der Waals surface area contributed by atoms with E-state index in [1.54, 1.807) is 0 Å². The molecule has 0 aliphatic rings. The summed E-state index contributed by atoms with van der Waals surface area (Å²) in [4.78, 5) is 16.3. The van der Waals surface area contributed by atoms with Crippen LogP contribution in [0.5, 0.6) is 0 Å². The third-order valence-corrected chi connectivity index (χ3v) is 13.1. The number of para-hydroxylation sites is 1. The zero-order valence-corrected chi connectivity index (χ0v) is 34.3. The van der Waals surface area contributed by atoms with Crippen molar-refractivity contribution < 1.29 is 4.42 Å². The first-order chi connectivity index (χ1) is 31.7. The van der Waals surface area contributed by atoms with Crippen molar-refractivity contribution in [2.45, 2.75) is 0 Å². The summed E-state index contributed by atoms with van der Waals surface area (Å²) in [5, 5.41) is 16.1. The fourth-order valence-corrected chi connectivity index (χ4v) is 10.1. The van der Waals surface area contributed by atoms with Gasteiger partial charge in [-0.2, -0.15) is 0 Å². The summed E-state index contributed by atoms with van der Waals surface area (Å²) in [6.07, 6.45) is 0. The molecule has 0 atom stereocenters. The van der Waals surface area contributed by atoms with Gasteiger partial charge in [-0.3, -0.25) is 0 Å². The first-order valence-electron chi connectivity index (χ1n) is 21.7. The first kappa shape index (κ1) is 35.0. The zero-order chi connectivity index (χ0) is 41.9. The summed E-state index contributed by atoms with van der Waals surface area (Å²) in [6.45, 7) is 0. The van der Waals surface area contributed by atoms with Gasteiger partial charge in [0.2, 0.25) is 0 Å². The van der Waals surface area contributed by atoms with Crippen LogP contribution in [0, 0.1) is 0 Å². The SMILES string of the molecule is c1ccc2cc(-c3nc(-c4ccc5c(ccc6ccccc65)c4)nc(-c4c(-n5c6cc7ccccc7cc6c6cc7ccccc7cc65)ccc5c4oc4ccccc45)n3)ccc2c1. The fourth-order valence-electron chi connectivity index (χ4n) is 10.1. The number of nitrogens with zero attached hydrogens (tertiary/aromatic N) is 4. The van der Waals surface area contributed by atoms with Gasteiger partial charge in [0.05, 0.1) is 22.3 Å². The Balaban J connectivity index is 1.11. The molecular formula is C59H34N4O. The summed E-state index contributed by atoms with van der Waals surface area (Å²) >= 11 is 0. The van der Waals surface area contributed by atoms with E-state index in [0.717, 1.165) is 71.5 Å². The van der Waals surface area contributed by atoms with Crippen LogP contribution >= 0.6 is 0 Å². The van der Waals surface area contributed by atoms with Crippen molar-refractivity contribution in [3.8, 4) is 39.9 Å². The smallest absolute Gasteiger partial charge is 0.170 e. The van der Waals surface area contributed by atoms with Gasteiger partial charge in [-0.25, -0.2) is 15.0 Å². The molecule has 14 rings (SSSR count). The lowest BCUT2D eigenvalue weighted by Gasteiger charge is -2.16. The molecule has 0 amide bonds. The van der Waals surface area contributed by atoms with Crippen LogP contribution in [-0.4, -0.2) is 19.5 Å². The maximum absolute atomic E-state index is 6.97. The lowest BCUT2D eigenvalue weighted by molar-refractivity contribution is 0.669. The monoisotopic (exact) mass is 814 g/mol. The molecule has 0 unspecified atom stereocenters. The van der Waals surface area contributed by atoms with E-state index in [-0.39, 0.29) is 0 Å². The molecule has 0 N–H and O–H groups in total. The third-order valence-electron chi connectivity index (χ3n) is 13.1. The van der Waals surface area contributed by atoms with Crippen LogP contribution in [0.3, 0.4) is 0 Å². The molecular weight excluding hydrogens is 781 g/mol. The van der Waals surface area contributed by atoms with Gasteiger partial charge in [-0.05, 0) is 108 Å². The number of furan rings is 1. The van der Waals surface area contributed by atoms with Crippen LogP contribution in [0.1, 0.15) is 0 Å². The summed E-state index contributed by atoms with van der Waals surface area (Å²) in [5.41, 5.74) is 7.24. The Kier molecular flexibility index (Phi) is 7.33. The summed E-state index contributed by atoms with van der Waals surface area (Å²) in [5.74, 6) is 1.70. The Morgan fingerprint density at radius 3 is 1.47 bits per heavy atom. The van der Waals surface area contributed by atoms with Crippen molar-refractivity contribution in [3.05, 3.63) is 206 Å². The zero-order valence-electron chi connectivity index (χ0n) is 34.3. The highest BCUT2D eigenvalue weighted by Gasteiger charge is 2.25.